The van der Waals surface area contributed by atoms with Crippen LogP contribution in [-0.4, -0.2) is 64.3 Å². The van der Waals surface area contributed by atoms with Gasteiger partial charge in [-0.3, -0.25) is 0 Å². The Morgan fingerprint density at radius 1 is 1.15 bits per heavy atom. The molecule has 5 N–H and O–H groups in total. The Kier molecular flexibility index (Phi) is 6.58. The van der Waals surface area contributed by atoms with Gasteiger partial charge in [-0.25, -0.2) is 0 Å². The number of alkyl halides is 1. The average Bonchev–Trinajstić information content (AvgIpc) is 2.20. The van der Waals surface area contributed by atoms with Crippen LogP contribution in [-0.2, 0) is 0 Å². The molecule has 13 heavy (non-hydrogen) atoms. The number of rotatable bonds is 7. The smallest absolute Gasteiger partial charge is 0.0882 e. The standard InChI is InChI=1S/C7H16ClNO4/c8-1-6(13)2-9-7(3-10,4-11)5-12/h6,9-13H,1-5H2. The molecule has 1 atom stereocenters. The summed E-state index contributed by atoms with van der Waals surface area (Å²) in [5, 5.41) is 38.3. The fraction of sp³-hybridized carbons (Fsp3) is 1.00. The van der Waals surface area contributed by atoms with Crippen molar-refractivity contribution in [2.24, 2.45) is 0 Å². The summed E-state index contributed by atoms with van der Waals surface area (Å²) in [6, 6.07) is 0. The summed E-state index contributed by atoms with van der Waals surface area (Å²) in [7, 11) is 0. The fourth-order valence-electron chi connectivity index (χ4n) is 0.707. The van der Waals surface area contributed by atoms with Gasteiger partial charge in [-0.15, -0.1) is 11.6 Å². The van der Waals surface area contributed by atoms with E-state index in [-0.39, 0.29) is 12.4 Å². The molecule has 0 radical (unpaired) electrons. The summed E-state index contributed by atoms with van der Waals surface area (Å²) in [6.07, 6.45) is -0.759. The van der Waals surface area contributed by atoms with Crippen molar-refractivity contribution < 1.29 is 20.4 Å². The monoisotopic (exact) mass is 213 g/mol. The molecule has 0 aliphatic carbocycles. The van der Waals surface area contributed by atoms with Gasteiger partial charge in [0.2, 0.25) is 0 Å². The van der Waals surface area contributed by atoms with E-state index in [1.807, 2.05) is 0 Å². The number of hydrogen-bond acceptors (Lipinski definition) is 5. The van der Waals surface area contributed by atoms with Crippen LogP contribution in [0.15, 0.2) is 0 Å². The summed E-state index contributed by atoms with van der Waals surface area (Å²) in [4.78, 5) is 0. The molecule has 0 aromatic rings. The zero-order valence-corrected chi connectivity index (χ0v) is 8.04. The summed E-state index contributed by atoms with van der Waals surface area (Å²) < 4.78 is 0. The first-order chi connectivity index (χ1) is 6.14. The first-order valence-corrected chi connectivity index (χ1v) is 4.49. The number of aliphatic hydroxyl groups is 4. The van der Waals surface area contributed by atoms with E-state index >= 15 is 0 Å². The van der Waals surface area contributed by atoms with Crippen LogP contribution < -0.4 is 5.32 Å². The molecule has 1 unspecified atom stereocenters. The average molecular weight is 214 g/mol. The lowest BCUT2D eigenvalue weighted by Gasteiger charge is -2.29. The van der Waals surface area contributed by atoms with Crippen LogP contribution in [0.3, 0.4) is 0 Å². The molecule has 0 fully saturated rings. The Bertz CT molecular complexity index is 123. The first kappa shape index (κ1) is 13.1. The number of halogens is 1. The topological polar surface area (TPSA) is 93.0 Å². The highest BCUT2D eigenvalue weighted by atomic mass is 35.5. The minimum Gasteiger partial charge on any atom is -0.394 e. The Balaban J connectivity index is 3.95. The molecular weight excluding hydrogens is 198 g/mol. The largest absolute Gasteiger partial charge is 0.394 e. The molecule has 0 aromatic heterocycles. The SMILES string of the molecule is OCC(CO)(CO)NCC(O)CCl. The molecule has 0 saturated heterocycles. The van der Waals surface area contributed by atoms with Crippen molar-refractivity contribution in [2.75, 3.05) is 32.2 Å². The van der Waals surface area contributed by atoms with E-state index in [9.17, 15) is 0 Å². The third-order valence-corrected chi connectivity index (χ3v) is 2.16. The van der Waals surface area contributed by atoms with Gasteiger partial charge in [-0.1, -0.05) is 0 Å². The normalized spacial score (nSPS) is 14.5. The molecule has 80 valence electrons. The van der Waals surface area contributed by atoms with Gasteiger partial charge in [0.25, 0.3) is 0 Å². The van der Waals surface area contributed by atoms with Crippen molar-refractivity contribution in [1.29, 1.82) is 0 Å². The Labute approximate surface area is 82.0 Å². The van der Waals surface area contributed by atoms with Crippen molar-refractivity contribution in [3.05, 3.63) is 0 Å². The minimum absolute atomic E-state index is 0.0609. The molecule has 0 saturated carbocycles. The van der Waals surface area contributed by atoms with Crippen molar-refractivity contribution in [3.8, 4) is 0 Å². The van der Waals surface area contributed by atoms with Crippen LogP contribution in [0.1, 0.15) is 0 Å². The highest BCUT2D eigenvalue weighted by molar-refractivity contribution is 6.18. The molecule has 0 amide bonds. The molecule has 0 spiro atoms. The van der Waals surface area contributed by atoms with Gasteiger partial charge in [-0.2, -0.15) is 0 Å². The lowest BCUT2D eigenvalue weighted by molar-refractivity contribution is 0.0343. The van der Waals surface area contributed by atoms with Gasteiger partial charge in [0, 0.05) is 12.4 Å². The molecule has 0 aliphatic heterocycles. The van der Waals surface area contributed by atoms with Gasteiger partial charge in [0.15, 0.2) is 0 Å². The predicted molar refractivity (Wildman–Crippen MR) is 48.7 cm³/mol. The number of nitrogens with one attached hydrogen (secondary N) is 1. The summed E-state index contributed by atoms with van der Waals surface area (Å²) >= 11 is 5.33. The summed E-state index contributed by atoms with van der Waals surface area (Å²) in [6.45, 7) is -1.11. The lowest BCUT2D eigenvalue weighted by atomic mass is 10.0. The summed E-state index contributed by atoms with van der Waals surface area (Å²) in [5.41, 5.74) is -1.15. The number of hydrogen-bond donors (Lipinski definition) is 5. The lowest BCUT2D eigenvalue weighted by Crippen LogP contribution is -2.56. The van der Waals surface area contributed by atoms with Crippen LogP contribution in [0, 0.1) is 0 Å². The van der Waals surface area contributed by atoms with E-state index < -0.39 is 31.5 Å². The van der Waals surface area contributed by atoms with Gasteiger partial charge in [0.05, 0.1) is 31.5 Å². The Morgan fingerprint density at radius 3 is 1.92 bits per heavy atom. The zero-order valence-electron chi connectivity index (χ0n) is 7.28. The maximum atomic E-state index is 9.07. The number of β-amino-alcohol motifs (C(OH)–C–C–N with tert-alkyl or cyclic N) is 1. The van der Waals surface area contributed by atoms with E-state index in [0.29, 0.717) is 0 Å². The maximum Gasteiger partial charge on any atom is 0.0882 e. The second kappa shape index (κ2) is 6.53. The van der Waals surface area contributed by atoms with Crippen molar-refractivity contribution in [3.63, 3.8) is 0 Å². The third kappa shape index (κ3) is 4.21. The van der Waals surface area contributed by atoms with E-state index in [4.69, 9.17) is 32.0 Å². The molecule has 6 heteroatoms. The minimum atomic E-state index is -1.15. The van der Waals surface area contributed by atoms with Crippen LogP contribution in [0.2, 0.25) is 0 Å². The quantitative estimate of drug-likeness (QED) is 0.312. The van der Waals surface area contributed by atoms with Crippen molar-refractivity contribution in [1.82, 2.24) is 5.32 Å². The van der Waals surface area contributed by atoms with E-state index in [1.54, 1.807) is 0 Å². The third-order valence-electron chi connectivity index (χ3n) is 1.80. The predicted octanol–water partition coefficient (Wildman–Crippen LogP) is -2.11. The zero-order chi connectivity index (χ0) is 10.3. The number of aliphatic hydroxyl groups excluding tert-OH is 4. The molecular formula is C7H16ClNO4. The maximum absolute atomic E-state index is 9.07. The second-order valence-electron chi connectivity index (χ2n) is 2.94. The van der Waals surface area contributed by atoms with E-state index in [0.717, 1.165) is 0 Å². The van der Waals surface area contributed by atoms with E-state index in [2.05, 4.69) is 5.32 Å². The molecule has 0 heterocycles. The first-order valence-electron chi connectivity index (χ1n) is 3.95. The van der Waals surface area contributed by atoms with Crippen molar-refractivity contribution in [2.45, 2.75) is 11.6 Å². The van der Waals surface area contributed by atoms with E-state index in [1.165, 1.54) is 0 Å². The molecule has 0 aliphatic rings. The highest BCUT2D eigenvalue weighted by Crippen LogP contribution is 2.01. The van der Waals surface area contributed by atoms with Crippen LogP contribution in [0.25, 0.3) is 0 Å². The van der Waals surface area contributed by atoms with Gasteiger partial charge in [0.1, 0.15) is 0 Å². The summed E-state index contributed by atoms with van der Waals surface area (Å²) in [5.74, 6) is 0.0609. The highest BCUT2D eigenvalue weighted by Gasteiger charge is 2.27. The Morgan fingerprint density at radius 2 is 1.62 bits per heavy atom. The second-order valence-corrected chi connectivity index (χ2v) is 3.25. The molecule has 5 nitrogen and oxygen atoms in total. The van der Waals surface area contributed by atoms with Crippen molar-refractivity contribution >= 4 is 11.6 Å². The van der Waals surface area contributed by atoms with Crippen LogP contribution >= 0.6 is 11.6 Å². The molecule has 0 bridgehead atoms. The van der Waals surface area contributed by atoms with Gasteiger partial charge >= 0.3 is 0 Å². The van der Waals surface area contributed by atoms with Crippen LogP contribution in [0.5, 0.6) is 0 Å². The van der Waals surface area contributed by atoms with Crippen LogP contribution in [0.4, 0.5) is 0 Å². The van der Waals surface area contributed by atoms with Gasteiger partial charge < -0.3 is 25.7 Å². The molecule has 0 rings (SSSR count). The Hall–Kier alpha value is 0.0900. The fourth-order valence-corrected chi connectivity index (χ4v) is 0.816. The molecule has 0 aromatic carbocycles. The van der Waals surface area contributed by atoms with Gasteiger partial charge in [-0.05, 0) is 0 Å².